The average molecular weight is 183 g/mol. The van der Waals surface area contributed by atoms with Crippen LogP contribution in [0.1, 0.15) is 36.3 Å². The Kier molecular flexibility index (Phi) is 2.70. The Balaban J connectivity index is 2.87. The molecule has 0 unspecified atom stereocenters. The maximum Gasteiger partial charge on any atom is 0.303 e. The molecule has 0 saturated carbocycles. The number of hydrogen-bond acceptors (Lipinski definition) is 3. The number of carboxylic acids is 1. The molecule has 4 nitrogen and oxygen atoms in total. The second-order valence-corrected chi connectivity index (χ2v) is 3.24. The molecular weight excluding hydrogens is 170 g/mol. The first-order valence-corrected chi connectivity index (χ1v) is 4.17. The molecule has 0 aliphatic carbocycles. The SMILES string of the molecule is Cc1noc(C)c1[C@H](C)CC(=O)O. The quantitative estimate of drug-likeness (QED) is 0.776. The maximum absolute atomic E-state index is 10.5. The Morgan fingerprint density at radius 1 is 1.62 bits per heavy atom. The van der Waals surface area contributed by atoms with Gasteiger partial charge in [-0.3, -0.25) is 4.79 Å². The van der Waals surface area contributed by atoms with Crippen LogP contribution in [0.2, 0.25) is 0 Å². The molecule has 1 rings (SSSR count). The van der Waals surface area contributed by atoms with Crippen molar-refractivity contribution in [3.63, 3.8) is 0 Å². The summed E-state index contributed by atoms with van der Waals surface area (Å²) in [4.78, 5) is 10.5. The molecule has 1 aromatic rings. The summed E-state index contributed by atoms with van der Waals surface area (Å²) in [7, 11) is 0. The van der Waals surface area contributed by atoms with Gasteiger partial charge in [0.05, 0.1) is 12.1 Å². The number of hydrogen-bond donors (Lipinski definition) is 1. The highest BCUT2D eigenvalue weighted by Gasteiger charge is 2.18. The molecule has 1 atom stereocenters. The fourth-order valence-corrected chi connectivity index (χ4v) is 1.56. The predicted octanol–water partition coefficient (Wildman–Crippen LogP) is 1.87. The van der Waals surface area contributed by atoms with E-state index in [2.05, 4.69) is 5.16 Å². The van der Waals surface area contributed by atoms with Gasteiger partial charge in [-0.2, -0.15) is 0 Å². The standard InChI is InChI=1S/C9H13NO3/c1-5(4-8(11)12)9-6(2)10-13-7(9)3/h5H,4H2,1-3H3,(H,11,12)/t5-/m1/s1. The van der Waals surface area contributed by atoms with Gasteiger partial charge in [-0.1, -0.05) is 12.1 Å². The van der Waals surface area contributed by atoms with Gasteiger partial charge >= 0.3 is 5.97 Å². The van der Waals surface area contributed by atoms with Crippen molar-refractivity contribution in [2.75, 3.05) is 0 Å². The highest BCUT2D eigenvalue weighted by Crippen LogP contribution is 2.25. The van der Waals surface area contributed by atoms with Crippen LogP contribution in [0.5, 0.6) is 0 Å². The first kappa shape index (κ1) is 9.77. The van der Waals surface area contributed by atoms with Gasteiger partial charge in [0.15, 0.2) is 0 Å². The van der Waals surface area contributed by atoms with Gasteiger partial charge in [-0.15, -0.1) is 0 Å². The number of nitrogens with zero attached hydrogens (tertiary/aromatic N) is 1. The van der Waals surface area contributed by atoms with Gasteiger partial charge in [0.2, 0.25) is 0 Å². The Hall–Kier alpha value is -1.32. The van der Waals surface area contributed by atoms with Crippen molar-refractivity contribution in [2.45, 2.75) is 33.1 Å². The van der Waals surface area contributed by atoms with E-state index in [9.17, 15) is 4.79 Å². The summed E-state index contributed by atoms with van der Waals surface area (Å²) in [5.74, 6) is -0.123. The summed E-state index contributed by atoms with van der Waals surface area (Å²) in [5.41, 5.74) is 1.70. The lowest BCUT2D eigenvalue weighted by molar-refractivity contribution is -0.137. The number of aliphatic carboxylic acids is 1. The van der Waals surface area contributed by atoms with E-state index >= 15 is 0 Å². The fourth-order valence-electron chi connectivity index (χ4n) is 1.56. The number of aromatic nitrogens is 1. The molecule has 4 heteroatoms. The second-order valence-electron chi connectivity index (χ2n) is 3.24. The van der Waals surface area contributed by atoms with Crippen molar-refractivity contribution < 1.29 is 14.4 Å². The number of carboxylic acid groups (broad SMARTS) is 1. The largest absolute Gasteiger partial charge is 0.481 e. The third-order valence-electron chi connectivity index (χ3n) is 2.06. The smallest absolute Gasteiger partial charge is 0.303 e. The molecule has 72 valence electrons. The molecule has 1 N–H and O–H groups in total. The van der Waals surface area contributed by atoms with E-state index in [1.54, 1.807) is 6.92 Å². The molecule has 0 aromatic carbocycles. The van der Waals surface area contributed by atoms with Crippen molar-refractivity contribution in [2.24, 2.45) is 0 Å². The monoisotopic (exact) mass is 183 g/mol. The van der Waals surface area contributed by atoms with Crippen LogP contribution in [0.4, 0.5) is 0 Å². The van der Waals surface area contributed by atoms with Crippen LogP contribution in [0, 0.1) is 13.8 Å². The summed E-state index contributed by atoms with van der Waals surface area (Å²) in [6, 6.07) is 0. The minimum atomic E-state index is -0.799. The lowest BCUT2D eigenvalue weighted by Gasteiger charge is -2.06. The molecule has 0 radical (unpaired) electrons. The summed E-state index contributed by atoms with van der Waals surface area (Å²) < 4.78 is 4.96. The Labute approximate surface area is 76.5 Å². The zero-order chi connectivity index (χ0) is 10.0. The molecule has 1 aromatic heterocycles. The summed E-state index contributed by atoms with van der Waals surface area (Å²) in [6.45, 7) is 5.48. The molecule has 0 amide bonds. The summed E-state index contributed by atoms with van der Waals surface area (Å²) in [5, 5.41) is 12.4. The molecule has 1 heterocycles. The van der Waals surface area contributed by atoms with Gasteiger partial charge in [-0.05, 0) is 19.8 Å². The van der Waals surface area contributed by atoms with Gasteiger partial charge in [0, 0.05) is 5.56 Å². The third-order valence-corrected chi connectivity index (χ3v) is 2.06. The summed E-state index contributed by atoms with van der Waals surface area (Å²) in [6.07, 6.45) is 0.114. The molecule has 0 aliphatic heterocycles. The molecule has 0 spiro atoms. The van der Waals surface area contributed by atoms with E-state index in [4.69, 9.17) is 9.63 Å². The zero-order valence-electron chi connectivity index (χ0n) is 8.00. The van der Waals surface area contributed by atoms with E-state index < -0.39 is 5.97 Å². The first-order chi connectivity index (χ1) is 6.02. The number of carbonyl (C=O) groups is 1. The van der Waals surface area contributed by atoms with Gasteiger partial charge < -0.3 is 9.63 Å². The second kappa shape index (κ2) is 3.60. The Bertz CT molecular complexity index is 297. The summed E-state index contributed by atoms with van der Waals surface area (Å²) >= 11 is 0. The highest BCUT2D eigenvalue weighted by molar-refractivity contribution is 5.68. The average Bonchev–Trinajstić information content (AvgIpc) is 2.29. The van der Waals surface area contributed by atoms with Crippen molar-refractivity contribution in [1.82, 2.24) is 5.16 Å². The minimum Gasteiger partial charge on any atom is -0.481 e. The molecule has 0 aliphatic rings. The minimum absolute atomic E-state index is 0.0382. The Morgan fingerprint density at radius 2 is 2.23 bits per heavy atom. The number of rotatable bonds is 3. The van der Waals surface area contributed by atoms with Crippen LogP contribution in [-0.4, -0.2) is 16.2 Å². The predicted molar refractivity (Wildman–Crippen MR) is 46.6 cm³/mol. The van der Waals surface area contributed by atoms with Crippen molar-refractivity contribution in [1.29, 1.82) is 0 Å². The van der Waals surface area contributed by atoms with E-state index in [-0.39, 0.29) is 12.3 Å². The molecule has 0 fully saturated rings. The van der Waals surface area contributed by atoms with E-state index in [1.165, 1.54) is 0 Å². The molecule has 0 saturated heterocycles. The zero-order valence-corrected chi connectivity index (χ0v) is 8.00. The van der Waals surface area contributed by atoms with Gasteiger partial charge in [-0.25, -0.2) is 0 Å². The molecule has 0 bridgehead atoms. The maximum atomic E-state index is 10.5. The Morgan fingerprint density at radius 3 is 2.62 bits per heavy atom. The first-order valence-electron chi connectivity index (χ1n) is 4.17. The van der Waals surface area contributed by atoms with E-state index in [1.807, 2.05) is 13.8 Å². The van der Waals surface area contributed by atoms with Crippen LogP contribution < -0.4 is 0 Å². The lowest BCUT2D eigenvalue weighted by atomic mass is 9.96. The third kappa shape index (κ3) is 2.08. The van der Waals surface area contributed by atoms with Crippen LogP contribution in [0.15, 0.2) is 4.52 Å². The number of aryl methyl sites for hydroxylation is 2. The fraction of sp³-hybridized carbons (Fsp3) is 0.556. The van der Waals surface area contributed by atoms with E-state index in [0.29, 0.717) is 5.76 Å². The topological polar surface area (TPSA) is 63.3 Å². The van der Waals surface area contributed by atoms with Crippen molar-refractivity contribution in [3.05, 3.63) is 17.0 Å². The normalized spacial score (nSPS) is 12.8. The molecule has 13 heavy (non-hydrogen) atoms. The van der Waals surface area contributed by atoms with Crippen molar-refractivity contribution in [3.8, 4) is 0 Å². The van der Waals surface area contributed by atoms with Crippen LogP contribution in [0.25, 0.3) is 0 Å². The van der Waals surface area contributed by atoms with E-state index in [0.717, 1.165) is 11.3 Å². The van der Waals surface area contributed by atoms with Gasteiger partial charge in [0.25, 0.3) is 0 Å². The molecular formula is C9H13NO3. The van der Waals surface area contributed by atoms with Crippen LogP contribution in [0.3, 0.4) is 0 Å². The van der Waals surface area contributed by atoms with Gasteiger partial charge in [0.1, 0.15) is 5.76 Å². The highest BCUT2D eigenvalue weighted by atomic mass is 16.5. The van der Waals surface area contributed by atoms with Crippen molar-refractivity contribution >= 4 is 5.97 Å². The van der Waals surface area contributed by atoms with Crippen LogP contribution in [-0.2, 0) is 4.79 Å². The lowest BCUT2D eigenvalue weighted by Crippen LogP contribution is -2.04. The van der Waals surface area contributed by atoms with Crippen LogP contribution >= 0.6 is 0 Å².